The highest BCUT2D eigenvalue weighted by Gasteiger charge is 2.36. The number of halogens is 3. The second-order valence-electron chi connectivity index (χ2n) is 4.87. The summed E-state index contributed by atoms with van der Waals surface area (Å²) in [5.41, 5.74) is 0.300. The number of nitrogen functional groups attached to an aromatic ring is 1. The number of nitrogens with zero attached hydrogens (tertiary/aromatic N) is 2. The van der Waals surface area contributed by atoms with Crippen molar-refractivity contribution < 1.29 is 18.3 Å². The molecule has 0 bridgehead atoms. The van der Waals surface area contributed by atoms with Crippen LogP contribution in [-0.4, -0.2) is 27.2 Å². The monoisotopic (exact) mass is 291 g/mol. The van der Waals surface area contributed by atoms with E-state index in [2.05, 4.69) is 15.3 Å². The average molecular weight is 291 g/mol. The van der Waals surface area contributed by atoms with Gasteiger partial charge in [0.15, 0.2) is 5.69 Å². The van der Waals surface area contributed by atoms with Crippen LogP contribution >= 0.6 is 0 Å². The normalized spacial score (nSPS) is 18.1. The standard InChI is InChI=1S/C11H16F3N5O/c12-11(13,14)7-5-8(17-9(16-7)19-15)18-10(6-20)3-1-2-4-10/h5,20H,1-4,6,15H2,(H2,16,17,18,19). The molecule has 1 aliphatic carbocycles. The fraction of sp³-hybridized carbons (Fsp3) is 0.636. The molecule has 2 rings (SSSR count). The van der Waals surface area contributed by atoms with Gasteiger partial charge in [0.2, 0.25) is 5.95 Å². The van der Waals surface area contributed by atoms with Crippen LogP contribution in [0.3, 0.4) is 0 Å². The molecule has 0 atom stereocenters. The molecule has 9 heteroatoms. The third-order valence-electron chi connectivity index (χ3n) is 3.40. The molecule has 1 fully saturated rings. The largest absolute Gasteiger partial charge is 0.433 e. The number of hydrogen-bond acceptors (Lipinski definition) is 6. The molecular weight excluding hydrogens is 275 g/mol. The van der Waals surface area contributed by atoms with Gasteiger partial charge in [-0.3, -0.25) is 5.43 Å². The summed E-state index contributed by atoms with van der Waals surface area (Å²) in [6.07, 6.45) is -1.41. The molecule has 0 saturated heterocycles. The summed E-state index contributed by atoms with van der Waals surface area (Å²) in [6, 6.07) is 0.816. The molecule has 1 heterocycles. The highest BCUT2D eigenvalue weighted by atomic mass is 19.4. The quantitative estimate of drug-likeness (QED) is 0.496. The molecule has 5 N–H and O–H groups in total. The number of hydrazine groups is 1. The molecular formula is C11H16F3N5O. The van der Waals surface area contributed by atoms with Gasteiger partial charge in [-0.1, -0.05) is 12.8 Å². The minimum absolute atomic E-state index is 0.00350. The van der Waals surface area contributed by atoms with Crippen LogP contribution in [-0.2, 0) is 6.18 Å². The maximum absolute atomic E-state index is 12.7. The molecule has 0 spiro atoms. The molecule has 1 aliphatic rings. The van der Waals surface area contributed by atoms with E-state index in [0.29, 0.717) is 12.8 Å². The Bertz CT molecular complexity index is 474. The number of aliphatic hydroxyl groups is 1. The maximum Gasteiger partial charge on any atom is 0.433 e. The maximum atomic E-state index is 12.7. The number of nitrogens with one attached hydrogen (secondary N) is 2. The fourth-order valence-corrected chi connectivity index (χ4v) is 2.37. The Hall–Kier alpha value is -1.61. The first kappa shape index (κ1) is 14.8. The summed E-state index contributed by atoms with van der Waals surface area (Å²) in [5, 5.41) is 12.4. The first-order chi connectivity index (χ1) is 9.38. The van der Waals surface area contributed by atoms with Gasteiger partial charge in [-0.2, -0.15) is 18.2 Å². The van der Waals surface area contributed by atoms with Crippen LogP contribution in [0.15, 0.2) is 6.07 Å². The highest BCUT2D eigenvalue weighted by molar-refractivity contribution is 5.45. The molecule has 112 valence electrons. The van der Waals surface area contributed by atoms with Crippen molar-refractivity contribution in [3.63, 3.8) is 0 Å². The Labute approximate surface area is 113 Å². The van der Waals surface area contributed by atoms with E-state index in [1.165, 1.54) is 0 Å². The minimum atomic E-state index is -4.59. The van der Waals surface area contributed by atoms with Crippen molar-refractivity contribution in [1.82, 2.24) is 9.97 Å². The topological polar surface area (TPSA) is 96.1 Å². The van der Waals surface area contributed by atoms with Gasteiger partial charge in [0.05, 0.1) is 12.1 Å². The number of nitrogens with two attached hydrogens (primary N) is 1. The Kier molecular flexibility index (Phi) is 4.00. The summed E-state index contributed by atoms with van der Waals surface area (Å²) >= 11 is 0. The van der Waals surface area contributed by atoms with Gasteiger partial charge in [-0.15, -0.1) is 0 Å². The van der Waals surface area contributed by atoms with Crippen molar-refractivity contribution in [2.45, 2.75) is 37.4 Å². The zero-order valence-electron chi connectivity index (χ0n) is 10.7. The lowest BCUT2D eigenvalue weighted by Gasteiger charge is -2.28. The van der Waals surface area contributed by atoms with Crippen molar-refractivity contribution >= 4 is 11.8 Å². The van der Waals surface area contributed by atoms with Crippen LogP contribution in [0.2, 0.25) is 0 Å². The Balaban J connectivity index is 2.31. The highest BCUT2D eigenvalue weighted by Crippen LogP contribution is 2.34. The van der Waals surface area contributed by atoms with Crippen molar-refractivity contribution in [3.8, 4) is 0 Å². The molecule has 6 nitrogen and oxygen atoms in total. The van der Waals surface area contributed by atoms with Gasteiger partial charge in [0.25, 0.3) is 0 Å². The summed E-state index contributed by atoms with van der Waals surface area (Å²) in [4.78, 5) is 7.12. The fourth-order valence-electron chi connectivity index (χ4n) is 2.37. The lowest BCUT2D eigenvalue weighted by atomic mass is 9.99. The zero-order valence-corrected chi connectivity index (χ0v) is 10.7. The Morgan fingerprint density at radius 1 is 1.30 bits per heavy atom. The second kappa shape index (κ2) is 5.41. The second-order valence-corrected chi connectivity index (χ2v) is 4.87. The van der Waals surface area contributed by atoms with E-state index in [1.807, 2.05) is 5.43 Å². The summed E-state index contributed by atoms with van der Waals surface area (Å²) in [7, 11) is 0. The van der Waals surface area contributed by atoms with Gasteiger partial charge in [-0.05, 0) is 12.8 Å². The average Bonchev–Trinajstić information content (AvgIpc) is 2.86. The van der Waals surface area contributed by atoms with E-state index in [1.54, 1.807) is 0 Å². The zero-order chi connectivity index (χ0) is 14.8. The first-order valence-electron chi connectivity index (χ1n) is 6.20. The lowest BCUT2D eigenvalue weighted by Crippen LogP contribution is -2.39. The van der Waals surface area contributed by atoms with Crippen LogP contribution < -0.4 is 16.6 Å². The van der Waals surface area contributed by atoms with Crippen molar-refractivity contribution in [2.75, 3.05) is 17.3 Å². The first-order valence-corrected chi connectivity index (χ1v) is 6.20. The summed E-state index contributed by atoms with van der Waals surface area (Å²) < 4.78 is 38.2. The molecule has 0 aromatic carbocycles. The van der Waals surface area contributed by atoms with Crippen molar-refractivity contribution in [1.29, 1.82) is 0 Å². The number of aliphatic hydroxyl groups excluding tert-OH is 1. The molecule has 1 aromatic heterocycles. The van der Waals surface area contributed by atoms with Gasteiger partial charge < -0.3 is 10.4 Å². The minimum Gasteiger partial charge on any atom is -0.394 e. The number of anilines is 2. The molecule has 0 aliphatic heterocycles. The van der Waals surface area contributed by atoms with E-state index >= 15 is 0 Å². The summed E-state index contributed by atoms with van der Waals surface area (Å²) in [6.45, 7) is -0.163. The smallest absolute Gasteiger partial charge is 0.394 e. The molecule has 1 aromatic rings. The number of hydrogen-bond donors (Lipinski definition) is 4. The molecule has 0 amide bonds. The lowest BCUT2D eigenvalue weighted by molar-refractivity contribution is -0.141. The van der Waals surface area contributed by atoms with Crippen LogP contribution in [0.4, 0.5) is 24.9 Å². The molecule has 1 saturated carbocycles. The van der Waals surface area contributed by atoms with Gasteiger partial charge >= 0.3 is 6.18 Å². The van der Waals surface area contributed by atoms with Crippen molar-refractivity contribution in [3.05, 3.63) is 11.8 Å². The van der Waals surface area contributed by atoms with Gasteiger partial charge in [-0.25, -0.2) is 10.8 Å². The number of aromatic nitrogens is 2. The van der Waals surface area contributed by atoms with E-state index in [-0.39, 0.29) is 18.4 Å². The molecule has 0 unspecified atom stereocenters. The van der Waals surface area contributed by atoms with E-state index in [9.17, 15) is 18.3 Å². The van der Waals surface area contributed by atoms with Crippen LogP contribution in [0, 0.1) is 0 Å². The predicted octanol–water partition coefficient (Wildman–Crippen LogP) is 1.50. The number of alkyl halides is 3. The number of rotatable bonds is 4. The van der Waals surface area contributed by atoms with E-state index in [0.717, 1.165) is 18.9 Å². The SMILES string of the molecule is NNc1nc(NC2(CO)CCCC2)cc(C(F)(F)F)n1. The predicted molar refractivity (Wildman–Crippen MR) is 66.8 cm³/mol. The van der Waals surface area contributed by atoms with Crippen LogP contribution in [0.1, 0.15) is 31.4 Å². The van der Waals surface area contributed by atoms with E-state index < -0.39 is 17.4 Å². The third kappa shape index (κ3) is 3.10. The summed E-state index contributed by atoms with van der Waals surface area (Å²) in [5.74, 6) is 4.76. The van der Waals surface area contributed by atoms with Crippen LogP contribution in [0.25, 0.3) is 0 Å². The van der Waals surface area contributed by atoms with Crippen molar-refractivity contribution in [2.24, 2.45) is 5.84 Å². The third-order valence-corrected chi connectivity index (χ3v) is 3.40. The van der Waals surface area contributed by atoms with E-state index in [4.69, 9.17) is 5.84 Å². The molecule has 20 heavy (non-hydrogen) atoms. The van der Waals surface area contributed by atoms with Gasteiger partial charge in [0, 0.05) is 6.07 Å². The van der Waals surface area contributed by atoms with Crippen LogP contribution in [0.5, 0.6) is 0 Å². The Morgan fingerprint density at radius 3 is 2.45 bits per heavy atom. The molecule has 0 radical (unpaired) electrons. The van der Waals surface area contributed by atoms with Gasteiger partial charge in [0.1, 0.15) is 5.82 Å². The Morgan fingerprint density at radius 2 is 1.95 bits per heavy atom.